The Labute approximate surface area is 191 Å². The largest absolute Gasteiger partial charge is 0.361 e. The first-order chi connectivity index (χ1) is 15.6. The third-order valence-electron chi connectivity index (χ3n) is 6.36. The fourth-order valence-corrected chi connectivity index (χ4v) is 5.09. The zero-order valence-corrected chi connectivity index (χ0v) is 18.7. The summed E-state index contributed by atoms with van der Waals surface area (Å²) in [5.74, 6) is -0.141. The molecular weight excluding hydrogens is 418 g/mol. The van der Waals surface area contributed by atoms with Gasteiger partial charge in [-0.25, -0.2) is 0 Å². The summed E-state index contributed by atoms with van der Waals surface area (Å²) in [7, 11) is 2.17. The number of hydrogen-bond acceptors (Lipinski definition) is 5. The van der Waals surface area contributed by atoms with E-state index in [-0.39, 0.29) is 11.8 Å². The first-order valence-electron chi connectivity index (χ1n) is 10.9. The average molecular weight is 444 g/mol. The van der Waals surface area contributed by atoms with Crippen LogP contribution in [-0.4, -0.2) is 36.9 Å². The number of piperidine rings is 1. The Balaban J connectivity index is 1.39. The van der Waals surface area contributed by atoms with Gasteiger partial charge in [0, 0.05) is 23.0 Å². The van der Waals surface area contributed by atoms with Gasteiger partial charge in [0.05, 0.1) is 5.57 Å². The molecule has 1 aromatic heterocycles. The standard InChI is InChI=1S/C26H25N3O2S/c1-29-11-8-18(9-12-29)17-2-5-21(6-3-17)27-15-24-23-14-19(20-10-13-32-16-20)4-7-22(23)25(30)28-26(24)31/h2-7,10,13-16,18,27H,8-9,11-12H2,1H3,(H,28,30,31). The number of carbonyl (C=O) groups excluding carboxylic acids is 2. The molecule has 3 heterocycles. The molecule has 1 saturated heterocycles. The smallest absolute Gasteiger partial charge is 0.260 e. The van der Waals surface area contributed by atoms with Gasteiger partial charge < -0.3 is 10.2 Å². The minimum Gasteiger partial charge on any atom is -0.361 e. The van der Waals surface area contributed by atoms with E-state index in [2.05, 4.69) is 52.2 Å². The van der Waals surface area contributed by atoms with Crippen LogP contribution < -0.4 is 10.6 Å². The molecule has 2 aliphatic heterocycles. The van der Waals surface area contributed by atoms with E-state index in [0.717, 1.165) is 29.9 Å². The maximum absolute atomic E-state index is 12.6. The van der Waals surface area contributed by atoms with E-state index < -0.39 is 0 Å². The van der Waals surface area contributed by atoms with E-state index in [1.165, 1.54) is 18.4 Å². The number of rotatable bonds is 4. The Morgan fingerprint density at radius 3 is 2.47 bits per heavy atom. The number of nitrogens with zero attached hydrogens (tertiary/aromatic N) is 1. The lowest BCUT2D eigenvalue weighted by molar-refractivity contribution is -0.114. The highest BCUT2D eigenvalue weighted by Gasteiger charge is 2.27. The highest BCUT2D eigenvalue weighted by molar-refractivity contribution is 7.08. The number of thiophene rings is 1. The Morgan fingerprint density at radius 2 is 1.75 bits per heavy atom. The molecule has 6 heteroatoms. The zero-order valence-electron chi connectivity index (χ0n) is 17.9. The maximum Gasteiger partial charge on any atom is 0.260 e. The molecule has 0 aliphatic carbocycles. The Bertz CT molecular complexity index is 1170. The minimum atomic E-state index is -0.389. The van der Waals surface area contributed by atoms with Crippen LogP contribution in [0.5, 0.6) is 0 Å². The molecule has 0 spiro atoms. The van der Waals surface area contributed by atoms with Gasteiger partial charge in [0.25, 0.3) is 11.8 Å². The second kappa shape index (κ2) is 8.73. The summed E-state index contributed by atoms with van der Waals surface area (Å²) < 4.78 is 0. The molecule has 0 radical (unpaired) electrons. The van der Waals surface area contributed by atoms with Crippen molar-refractivity contribution in [2.75, 3.05) is 25.5 Å². The van der Waals surface area contributed by atoms with Crippen molar-refractivity contribution in [2.24, 2.45) is 0 Å². The number of carbonyl (C=O) groups is 2. The second-order valence-corrected chi connectivity index (χ2v) is 9.24. The van der Waals surface area contributed by atoms with Gasteiger partial charge in [0.2, 0.25) is 0 Å². The van der Waals surface area contributed by atoms with E-state index in [1.54, 1.807) is 23.6 Å². The molecule has 2 aromatic carbocycles. The summed E-state index contributed by atoms with van der Waals surface area (Å²) in [5.41, 5.74) is 5.95. The summed E-state index contributed by atoms with van der Waals surface area (Å²) in [5, 5.41) is 9.76. The average Bonchev–Trinajstić information content (AvgIpc) is 3.35. The van der Waals surface area contributed by atoms with Crippen molar-refractivity contribution in [3.8, 4) is 11.1 Å². The third kappa shape index (κ3) is 4.11. The van der Waals surface area contributed by atoms with Crippen LogP contribution in [0.25, 0.3) is 16.7 Å². The Morgan fingerprint density at radius 1 is 0.969 bits per heavy atom. The van der Waals surface area contributed by atoms with Crippen molar-refractivity contribution < 1.29 is 9.59 Å². The summed E-state index contributed by atoms with van der Waals surface area (Å²) in [6.07, 6.45) is 4.07. The number of nitrogens with one attached hydrogen (secondary N) is 2. The van der Waals surface area contributed by atoms with E-state index in [9.17, 15) is 9.59 Å². The lowest BCUT2D eigenvalue weighted by Gasteiger charge is -2.29. The molecule has 5 nitrogen and oxygen atoms in total. The van der Waals surface area contributed by atoms with E-state index in [4.69, 9.17) is 0 Å². The SMILES string of the molecule is CN1CCC(c2ccc(NC=C3C(=O)NC(=O)c4ccc(-c5ccsc5)cc43)cc2)CC1. The fourth-order valence-electron chi connectivity index (χ4n) is 4.43. The van der Waals surface area contributed by atoms with Gasteiger partial charge in [-0.3, -0.25) is 14.9 Å². The third-order valence-corrected chi connectivity index (χ3v) is 7.05. The van der Waals surface area contributed by atoms with Crippen molar-refractivity contribution in [3.63, 3.8) is 0 Å². The predicted molar refractivity (Wildman–Crippen MR) is 130 cm³/mol. The van der Waals surface area contributed by atoms with Crippen molar-refractivity contribution in [2.45, 2.75) is 18.8 Å². The molecule has 162 valence electrons. The monoisotopic (exact) mass is 443 g/mol. The minimum absolute atomic E-state index is 0.360. The second-order valence-electron chi connectivity index (χ2n) is 8.46. The molecule has 2 aliphatic rings. The van der Waals surface area contributed by atoms with Crippen molar-refractivity contribution in [1.82, 2.24) is 10.2 Å². The van der Waals surface area contributed by atoms with Crippen LogP contribution in [0.3, 0.4) is 0 Å². The van der Waals surface area contributed by atoms with Crippen LogP contribution in [0, 0.1) is 0 Å². The molecule has 1 fully saturated rings. The number of benzene rings is 2. The van der Waals surface area contributed by atoms with Crippen LogP contribution in [0.4, 0.5) is 5.69 Å². The molecule has 32 heavy (non-hydrogen) atoms. The van der Waals surface area contributed by atoms with Crippen LogP contribution in [0.15, 0.2) is 65.5 Å². The number of imide groups is 1. The van der Waals surface area contributed by atoms with Crippen molar-refractivity contribution in [3.05, 3.63) is 82.2 Å². The highest BCUT2D eigenvalue weighted by atomic mass is 32.1. The molecule has 0 unspecified atom stereocenters. The van der Waals surface area contributed by atoms with Gasteiger partial charge in [-0.15, -0.1) is 0 Å². The lowest BCUT2D eigenvalue weighted by atomic mass is 9.89. The van der Waals surface area contributed by atoms with Gasteiger partial charge in [0.1, 0.15) is 0 Å². The number of anilines is 1. The first-order valence-corrected chi connectivity index (χ1v) is 11.8. The topological polar surface area (TPSA) is 61.4 Å². The van der Waals surface area contributed by atoms with Crippen LogP contribution in [0.2, 0.25) is 0 Å². The number of likely N-dealkylation sites (tertiary alicyclic amines) is 1. The summed E-state index contributed by atoms with van der Waals surface area (Å²) in [6.45, 7) is 2.27. The van der Waals surface area contributed by atoms with Gasteiger partial charge in [-0.05, 0) is 96.7 Å². The van der Waals surface area contributed by atoms with E-state index >= 15 is 0 Å². The van der Waals surface area contributed by atoms with Gasteiger partial charge in [-0.1, -0.05) is 18.2 Å². The fraction of sp³-hybridized carbons (Fsp3) is 0.231. The van der Waals surface area contributed by atoms with Gasteiger partial charge >= 0.3 is 0 Å². The number of hydrogen-bond donors (Lipinski definition) is 2. The van der Waals surface area contributed by atoms with Crippen LogP contribution >= 0.6 is 11.3 Å². The summed E-state index contributed by atoms with van der Waals surface area (Å²) >= 11 is 1.62. The maximum atomic E-state index is 12.6. The van der Waals surface area contributed by atoms with Crippen LogP contribution in [-0.2, 0) is 4.79 Å². The van der Waals surface area contributed by atoms with Crippen molar-refractivity contribution >= 4 is 34.4 Å². The van der Waals surface area contributed by atoms with E-state index in [1.807, 2.05) is 23.6 Å². The molecule has 0 bridgehead atoms. The molecular formula is C26H25N3O2S. The predicted octanol–water partition coefficient (Wildman–Crippen LogP) is 4.95. The molecule has 2 amide bonds. The molecule has 0 saturated carbocycles. The molecule has 2 N–H and O–H groups in total. The number of amides is 2. The number of fused-ring (bicyclic) bond motifs is 1. The van der Waals surface area contributed by atoms with Gasteiger partial charge in [0.15, 0.2) is 0 Å². The normalized spacial score (nSPS) is 18.5. The summed E-state index contributed by atoms with van der Waals surface area (Å²) in [6, 6.07) is 16.1. The molecule has 3 aromatic rings. The zero-order chi connectivity index (χ0) is 22.1. The highest BCUT2D eigenvalue weighted by Crippen LogP contribution is 2.31. The molecule has 5 rings (SSSR count). The quantitative estimate of drug-likeness (QED) is 0.443. The first kappa shape index (κ1) is 20.7. The van der Waals surface area contributed by atoms with Crippen molar-refractivity contribution in [1.29, 1.82) is 0 Å². The lowest BCUT2D eigenvalue weighted by Crippen LogP contribution is -2.36. The Kier molecular flexibility index (Phi) is 5.64. The van der Waals surface area contributed by atoms with Gasteiger partial charge in [-0.2, -0.15) is 11.3 Å². The molecule has 0 atom stereocenters. The van der Waals surface area contributed by atoms with Crippen LogP contribution in [0.1, 0.15) is 40.2 Å². The van der Waals surface area contributed by atoms with E-state index in [0.29, 0.717) is 22.6 Å². The Hall–Kier alpha value is -3.22. The summed E-state index contributed by atoms with van der Waals surface area (Å²) in [4.78, 5) is 27.3.